The molecule has 2 rings (SSSR count). The molecule has 0 amide bonds. The number of rotatable bonds is 5. The molecule has 0 radical (unpaired) electrons. The Morgan fingerprint density at radius 1 is 1.36 bits per heavy atom. The smallest absolute Gasteiger partial charge is 0.198 e. The Labute approximate surface area is 152 Å². The average Bonchev–Trinajstić information content (AvgIpc) is 2.90. The highest BCUT2D eigenvalue weighted by Gasteiger charge is 2.22. The summed E-state index contributed by atoms with van der Waals surface area (Å²) in [5.74, 6) is 1.01. The molecule has 0 bridgehead atoms. The molecule has 0 unspecified atom stereocenters. The van der Waals surface area contributed by atoms with E-state index < -0.39 is 0 Å². The minimum Gasteiger partial charge on any atom is -0.356 e. The van der Waals surface area contributed by atoms with Crippen molar-refractivity contribution in [2.75, 3.05) is 38.1 Å². The molecule has 1 aromatic carbocycles. The molecule has 22 heavy (non-hydrogen) atoms. The topological polar surface area (TPSA) is 30.9 Å². The summed E-state index contributed by atoms with van der Waals surface area (Å²) in [7, 11) is 2.15. The van der Waals surface area contributed by atoms with Gasteiger partial charge in [-0.25, -0.2) is 0 Å². The summed E-state index contributed by atoms with van der Waals surface area (Å²) >= 11 is 0. The van der Waals surface area contributed by atoms with Crippen molar-refractivity contribution in [3.05, 3.63) is 29.8 Å². The molecule has 5 heteroatoms. The van der Waals surface area contributed by atoms with E-state index in [1.54, 1.807) is 0 Å². The highest BCUT2D eigenvalue weighted by Crippen LogP contribution is 2.27. The van der Waals surface area contributed by atoms with Gasteiger partial charge in [-0.15, -0.1) is 24.0 Å². The zero-order chi connectivity index (χ0) is 15.2. The van der Waals surface area contributed by atoms with Crippen LogP contribution < -0.4 is 10.2 Å². The second kappa shape index (κ2) is 9.35. The summed E-state index contributed by atoms with van der Waals surface area (Å²) in [6.07, 6.45) is 1.10. The van der Waals surface area contributed by atoms with Crippen molar-refractivity contribution in [2.24, 2.45) is 4.99 Å². The summed E-state index contributed by atoms with van der Waals surface area (Å²) in [4.78, 5) is 9.44. The molecule has 4 nitrogen and oxygen atoms in total. The van der Waals surface area contributed by atoms with Crippen molar-refractivity contribution < 1.29 is 0 Å². The Balaban J connectivity index is 0.00000242. The lowest BCUT2D eigenvalue weighted by molar-refractivity contribution is 0.282. The minimum absolute atomic E-state index is 0. The van der Waals surface area contributed by atoms with Gasteiger partial charge in [-0.05, 0) is 45.9 Å². The molecule has 1 N–H and O–H groups in total. The van der Waals surface area contributed by atoms with E-state index in [1.165, 1.54) is 11.3 Å². The van der Waals surface area contributed by atoms with Gasteiger partial charge in [0.05, 0.1) is 6.54 Å². The van der Waals surface area contributed by atoms with Gasteiger partial charge in [-0.2, -0.15) is 0 Å². The Kier molecular flexibility index (Phi) is 8.17. The number of nitrogens with zero attached hydrogens (tertiary/aromatic N) is 3. The second-order valence-electron chi connectivity index (χ2n) is 5.84. The van der Waals surface area contributed by atoms with Crippen LogP contribution in [0.2, 0.25) is 0 Å². The molecular weight excluding hydrogens is 387 g/mol. The van der Waals surface area contributed by atoms with Crippen molar-refractivity contribution in [3.63, 3.8) is 0 Å². The van der Waals surface area contributed by atoms with E-state index in [0.717, 1.165) is 38.6 Å². The summed E-state index contributed by atoms with van der Waals surface area (Å²) in [5.41, 5.74) is 2.72. The van der Waals surface area contributed by atoms with E-state index in [0.29, 0.717) is 6.04 Å². The number of nitrogens with one attached hydrogen (secondary N) is 1. The van der Waals surface area contributed by atoms with Crippen LogP contribution in [0, 0.1) is 0 Å². The van der Waals surface area contributed by atoms with Crippen LogP contribution in [0.4, 0.5) is 5.69 Å². The van der Waals surface area contributed by atoms with Gasteiger partial charge in [0, 0.05) is 31.4 Å². The van der Waals surface area contributed by atoms with Crippen LogP contribution >= 0.6 is 24.0 Å². The standard InChI is InChI=1S/C17H28N4.HI/c1-5-18-17(19-11-13-20(4)14(2)3)21-12-10-15-8-6-7-9-16(15)21;/h6-9,14H,5,10-13H2,1-4H3,(H,18,19);1H. The number of anilines is 1. The van der Waals surface area contributed by atoms with Gasteiger partial charge in [0.1, 0.15) is 0 Å². The second-order valence-corrected chi connectivity index (χ2v) is 5.84. The Morgan fingerprint density at radius 3 is 2.77 bits per heavy atom. The minimum atomic E-state index is 0. The van der Waals surface area contributed by atoms with E-state index in [4.69, 9.17) is 4.99 Å². The Morgan fingerprint density at radius 2 is 2.09 bits per heavy atom. The average molecular weight is 416 g/mol. The molecule has 0 saturated carbocycles. The highest BCUT2D eigenvalue weighted by atomic mass is 127. The monoisotopic (exact) mass is 416 g/mol. The number of hydrogen-bond donors (Lipinski definition) is 1. The third-order valence-electron chi connectivity index (χ3n) is 4.07. The predicted molar refractivity (Wildman–Crippen MR) is 107 cm³/mol. The predicted octanol–water partition coefficient (Wildman–Crippen LogP) is 2.97. The zero-order valence-corrected chi connectivity index (χ0v) is 16.5. The number of fused-ring (bicyclic) bond motifs is 1. The molecule has 0 aromatic heterocycles. The van der Waals surface area contributed by atoms with Crippen molar-refractivity contribution in [1.29, 1.82) is 0 Å². The van der Waals surface area contributed by atoms with Crippen LogP contribution in [0.1, 0.15) is 26.3 Å². The van der Waals surface area contributed by atoms with Gasteiger partial charge in [-0.3, -0.25) is 4.99 Å². The van der Waals surface area contributed by atoms with Crippen LogP contribution in [-0.2, 0) is 6.42 Å². The molecule has 124 valence electrons. The first-order valence-corrected chi connectivity index (χ1v) is 7.97. The van der Waals surface area contributed by atoms with Crippen molar-refractivity contribution in [1.82, 2.24) is 10.2 Å². The maximum absolute atomic E-state index is 4.81. The number of hydrogen-bond acceptors (Lipinski definition) is 2. The molecule has 1 aliphatic rings. The number of benzene rings is 1. The molecule has 0 fully saturated rings. The number of likely N-dealkylation sites (N-methyl/N-ethyl adjacent to an activating group) is 1. The quantitative estimate of drug-likeness (QED) is 0.455. The number of para-hydroxylation sites is 1. The highest BCUT2D eigenvalue weighted by molar-refractivity contribution is 14.0. The zero-order valence-electron chi connectivity index (χ0n) is 14.2. The molecule has 1 aromatic rings. The van der Waals surface area contributed by atoms with Gasteiger partial charge >= 0.3 is 0 Å². The molecule has 0 saturated heterocycles. The van der Waals surface area contributed by atoms with Crippen molar-refractivity contribution in [2.45, 2.75) is 33.2 Å². The Bertz CT molecular complexity index is 487. The third kappa shape index (κ3) is 4.84. The third-order valence-corrected chi connectivity index (χ3v) is 4.07. The van der Waals surface area contributed by atoms with Gasteiger partial charge < -0.3 is 15.1 Å². The van der Waals surface area contributed by atoms with Crippen LogP contribution in [0.25, 0.3) is 0 Å². The summed E-state index contributed by atoms with van der Waals surface area (Å²) < 4.78 is 0. The van der Waals surface area contributed by atoms with Gasteiger partial charge in [0.25, 0.3) is 0 Å². The van der Waals surface area contributed by atoms with Crippen molar-refractivity contribution in [3.8, 4) is 0 Å². The van der Waals surface area contributed by atoms with Crippen LogP contribution in [0.15, 0.2) is 29.3 Å². The maximum atomic E-state index is 4.81. The van der Waals surface area contributed by atoms with Crippen molar-refractivity contribution >= 4 is 35.6 Å². The molecular formula is C17H29IN4. The van der Waals surface area contributed by atoms with Gasteiger partial charge in [-0.1, -0.05) is 18.2 Å². The Hall–Kier alpha value is -0.820. The first kappa shape index (κ1) is 19.2. The molecule has 1 aliphatic heterocycles. The summed E-state index contributed by atoms with van der Waals surface area (Å²) in [5, 5.41) is 3.43. The number of guanidine groups is 1. The normalized spacial score (nSPS) is 14.3. The van der Waals surface area contributed by atoms with Gasteiger partial charge in [0.2, 0.25) is 0 Å². The number of aliphatic imine (C=N–C) groups is 1. The first-order chi connectivity index (χ1) is 10.1. The fourth-order valence-corrected chi connectivity index (χ4v) is 2.52. The lowest BCUT2D eigenvalue weighted by atomic mass is 10.2. The van der Waals surface area contributed by atoms with E-state index in [-0.39, 0.29) is 24.0 Å². The molecule has 0 aliphatic carbocycles. The van der Waals surface area contributed by atoms with Crippen LogP contribution in [0.5, 0.6) is 0 Å². The van der Waals surface area contributed by atoms with E-state index >= 15 is 0 Å². The van der Waals surface area contributed by atoms with Crippen LogP contribution in [0.3, 0.4) is 0 Å². The van der Waals surface area contributed by atoms with E-state index in [1.807, 2.05) is 0 Å². The van der Waals surface area contributed by atoms with E-state index in [2.05, 4.69) is 67.2 Å². The fourth-order valence-electron chi connectivity index (χ4n) is 2.52. The summed E-state index contributed by atoms with van der Waals surface area (Å²) in [6, 6.07) is 9.19. The van der Waals surface area contributed by atoms with Crippen LogP contribution in [-0.4, -0.2) is 50.1 Å². The summed E-state index contributed by atoms with van der Waals surface area (Å²) in [6.45, 7) is 10.3. The fraction of sp³-hybridized carbons (Fsp3) is 0.588. The lowest BCUT2D eigenvalue weighted by Gasteiger charge is -2.23. The molecule has 0 atom stereocenters. The van der Waals surface area contributed by atoms with E-state index in [9.17, 15) is 0 Å². The SMILES string of the molecule is CCNC(=NCCN(C)C(C)C)N1CCc2ccccc21.I. The molecule has 1 heterocycles. The molecule has 0 spiro atoms. The number of halogens is 1. The van der Waals surface area contributed by atoms with Gasteiger partial charge in [0.15, 0.2) is 5.96 Å². The maximum Gasteiger partial charge on any atom is 0.198 e. The largest absolute Gasteiger partial charge is 0.356 e. The lowest BCUT2D eigenvalue weighted by Crippen LogP contribution is -2.41. The first-order valence-electron chi connectivity index (χ1n) is 7.97.